The van der Waals surface area contributed by atoms with Crippen molar-refractivity contribution in [2.45, 2.75) is 13.0 Å². The zero-order chi connectivity index (χ0) is 6.41. The van der Waals surface area contributed by atoms with E-state index < -0.39 is 0 Å². The van der Waals surface area contributed by atoms with Crippen molar-refractivity contribution in [2.75, 3.05) is 20.5 Å². The Hall–Kier alpha value is -0.120. The lowest BCUT2D eigenvalue weighted by Crippen LogP contribution is -2.22. The van der Waals surface area contributed by atoms with Crippen molar-refractivity contribution < 1.29 is 9.47 Å². The van der Waals surface area contributed by atoms with Gasteiger partial charge in [0.2, 0.25) is 0 Å². The number of hydrogen-bond acceptors (Lipinski definition) is 3. The van der Waals surface area contributed by atoms with Gasteiger partial charge in [-0.05, 0) is 6.92 Å². The first-order valence-corrected chi connectivity index (χ1v) is 2.59. The maximum atomic E-state index is 5.35. The van der Waals surface area contributed by atoms with Gasteiger partial charge in [-0.1, -0.05) is 0 Å². The van der Waals surface area contributed by atoms with Crippen LogP contribution in [0.15, 0.2) is 0 Å². The van der Waals surface area contributed by atoms with Crippen molar-refractivity contribution in [1.82, 2.24) is 0 Å². The van der Waals surface area contributed by atoms with Crippen LogP contribution >= 0.6 is 0 Å². The molecule has 0 heterocycles. The smallest absolute Gasteiger partial charge is 0.146 e. The van der Waals surface area contributed by atoms with Gasteiger partial charge in [-0.25, -0.2) is 0 Å². The third-order valence-electron chi connectivity index (χ3n) is 0.582. The van der Waals surface area contributed by atoms with Crippen molar-refractivity contribution in [3.8, 4) is 0 Å². The summed E-state index contributed by atoms with van der Waals surface area (Å²) >= 11 is 0. The second-order valence-electron chi connectivity index (χ2n) is 1.75. The summed E-state index contributed by atoms with van der Waals surface area (Å²) in [6.07, 6.45) is 0. The Bertz CT molecular complexity index is 47.7. The number of nitrogens with two attached hydrogens (primary N) is 1. The van der Waals surface area contributed by atoms with E-state index in [0.29, 0.717) is 13.4 Å². The molecule has 0 bridgehead atoms. The van der Waals surface area contributed by atoms with Gasteiger partial charge in [-0.3, -0.25) is 0 Å². The van der Waals surface area contributed by atoms with Crippen LogP contribution in [0.4, 0.5) is 0 Å². The average molecular weight is 119 g/mol. The molecule has 0 unspecified atom stereocenters. The highest BCUT2D eigenvalue weighted by Crippen LogP contribution is 1.78. The number of rotatable bonds is 4. The fourth-order valence-corrected chi connectivity index (χ4v) is 0.317. The zero-order valence-corrected chi connectivity index (χ0v) is 5.39. The predicted molar refractivity (Wildman–Crippen MR) is 31.5 cm³/mol. The predicted octanol–water partition coefficient (Wildman–Crippen LogP) is -0.0459. The normalized spacial score (nSPS) is 13.9. The molecule has 0 rings (SSSR count). The fourth-order valence-electron chi connectivity index (χ4n) is 0.317. The largest absolute Gasteiger partial charge is 0.359 e. The molecule has 0 amide bonds. The summed E-state index contributed by atoms with van der Waals surface area (Å²) in [5.74, 6) is 0. The third-order valence-corrected chi connectivity index (χ3v) is 0.582. The molecule has 0 radical (unpaired) electrons. The van der Waals surface area contributed by atoms with Crippen LogP contribution in [0.2, 0.25) is 0 Å². The van der Waals surface area contributed by atoms with E-state index in [4.69, 9.17) is 10.5 Å². The SMILES string of the molecule is COCOC[C@H](C)N. The van der Waals surface area contributed by atoms with Crippen LogP contribution < -0.4 is 5.73 Å². The topological polar surface area (TPSA) is 44.5 Å². The molecule has 0 spiro atoms. The first-order valence-electron chi connectivity index (χ1n) is 2.59. The molecule has 2 N–H and O–H groups in total. The maximum absolute atomic E-state index is 5.35. The average Bonchev–Trinajstić information content (AvgIpc) is 1.66. The number of ether oxygens (including phenoxy) is 2. The van der Waals surface area contributed by atoms with Gasteiger partial charge >= 0.3 is 0 Å². The van der Waals surface area contributed by atoms with E-state index in [-0.39, 0.29) is 6.04 Å². The summed E-state index contributed by atoms with van der Waals surface area (Å²) in [6, 6.07) is 0.102. The van der Waals surface area contributed by atoms with Crippen LogP contribution in [-0.4, -0.2) is 26.6 Å². The van der Waals surface area contributed by atoms with Gasteiger partial charge in [-0.15, -0.1) is 0 Å². The Morgan fingerprint density at radius 2 is 2.25 bits per heavy atom. The Balaban J connectivity index is 2.72. The lowest BCUT2D eigenvalue weighted by Gasteiger charge is -2.03. The molecule has 0 fully saturated rings. The highest BCUT2D eigenvalue weighted by atomic mass is 16.7. The zero-order valence-electron chi connectivity index (χ0n) is 5.39. The van der Waals surface area contributed by atoms with Crippen LogP contribution in [0.5, 0.6) is 0 Å². The quantitative estimate of drug-likeness (QED) is 0.417. The van der Waals surface area contributed by atoms with E-state index >= 15 is 0 Å². The van der Waals surface area contributed by atoms with Crippen LogP contribution in [0.25, 0.3) is 0 Å². The minimum atomic E-state index is 0.102. The summed E-state index contributed by atoms with van der Waals surface area (Å²) in [7, 11) is 1.58. The minimum Gasteiger partial charge on any atom is -0.359 e. The van der Waals surface area contributed by atoms with Gasteiger partial charge in [-0.2, -0.15) is 0 Å². The molecule has 0 aromatic rings. The third kappa shape index (κ3) is 5.88. The van der Waals surface area contributed by atoms with Gasteiger partial charge in [0.05, 0.1) is 6.61 Å². The van der Waals surface area contributed by atoms with Crippen LogP contribution in [-0.2, 0) is 9.47 Å². The molecule has 1 atom stereocenters. The summed E-state index contributed by atoms with van der Waals surface area (Å²) in [5, 5.41) is 0. The van der Waals surface area contributed by atoms with Crippen molar-refractivity contribution >= 4 is 0 Å². The van der Waals surface area contributed by atoms with Crippen molar-refractivity contribution in [3.63, 3.8) is 0 Å². The molecule has 3 nitrogen and oxygen atoms in total. The lowest BCUT2D eigenvalue weighted by molar-refractivity contribution is -0.0337. The van der Waals surface area contributed by atoms with Crippen molar-refractivity contribution in [1.29, 1.82) is 0 Å². The van der Waals surface area contributed by atoms with Crippen LogP contribution in [0.3, 0.4) is 0 Å². The monoisotopic (exact) mass is 119 g/mol. The fraction of sp³-hybridized carbons (Fsp3) is 1.00. The first-order chi connectivity index (χ1) is 3.77. The Labute approximate surface area is 49.8 Å². The second-order valence-corrected chi connectivity index (χ2v) is 1.75. The van der Waals surface area contributed by atoms with Crippen molar-refractivity contribution in [3.05, 3.63) is 0 Å². The van der Waals surface area contributed by atoms with E-state index in [1.165, 1.54) is 0 Å². The molecule has 0 aromatic heterocycles. The molecule has 0 aromatic carbocycles. The van der Waals surface area contributed by atoms with Gasteiger partial charge in [0.25, 0.3) is 0 Å². The first kappa shape index (κ1) is 7.88. The molecule has 8 heavy (non-hydrogen) atoms. The summed E-state index contributed by atoms with van der Waals surface area (Å²) < 4.78 is 9.51. The molecule has 0 saturated heterocycles. The molecule has 0 aliphatic rings. The molecular weight excluding hydrogens is 106 g/mol. The highest BCUT2D eigenvalue weighted by molar-refractivity contribution is 4.46. The van der Waals surface area contributed by atoms with E-state index in [9.17, 15) is 0 Å². The Kier molecular flexibility index (Phi) is 4.95. The van der Waals surface area contributed by atoms with Crippen molar-refractivity contribution in [2.24, 2.45) is 5.73 Å². The van der Waals surface area contributed by atoms with E-state index in [0.717, 1.165) is 0 Å². The summed E-state index contributed by atoms with van der Waals surface area (Å²) in [4.78, 5) is 0. The summed E-state index contributed by atoms with van der Waals surface area (Å²) in [6.45, 7) is 2.78. The molecule has 0 saturated carbocycles. The number of hydrogen-bond donors (Lipinski definition) is 1. The van der Waals surface area contributed by atoms with Gasteiger partial charge < -0.3 is 15.2 Å². The molecule has 0 aliphatic heterocycles. The van der Waals surface area contributed by atoms with Crippen LogP contribution in [0, 0.1) is 0 Å². The maximum Gasteiger partial charge on any atom is 0.146 e. The van der Waals surface area contributed by atoms with Gasteiger partial charge in [0.1, 0.15) is 6.79 Å². The highest BCUT2D eigenvalue weighted by Gasteiger charge is 1.90. The van der Waals surface area contributed by atoms with Crippen LogP contribution in [0.1, 0.15) is 6.92 Å². The van der Waals surface area contributed by atoms with Gasteiger partial charge in [0, 0.05) is 13.2 Å². The molecule has 0 aliphatic carbocycles. The van der Waals surface area contributed by atoms with Gasteiger partial charge in [0.15, 0.2) is 0 Å². The Morgan fingerprint density at radius 3 is 2.62 bits per heavy atom. The summed E-state index contributed by atoms with van der Waals surface area (Å²) in [5.41, 5.74) is 5.35. The lowest BCUT2D eigenvalue weighted by atomic mass is 10.4. The van der Waals surface area contributed by atoms with E-state index in [1.54, 1.807) is 7.11 Å². The standard InChI is InChI=1S/C5H13NO2/c1-5(6)3-8-4-7-2/h5H,3-4,6H2,1-2H3/t5-/m0/s1. The minimum absolute atomic E-state index is 0.102. The van der Waals surface area contributed by atoms with E-state index in [1.807, 2.05) is 6.92 Å². The number of methoxy groups -OCH3 is 1. The molecule has 3 heteroatoms. The second kappa shape index (κ2) is 5.03. The molecular formula is C5H13NO2. The Morgan fingerprint density at radius 1 is 1.62 bits per heavy atom. The van der Waals surface area contributed by atoms with E-state index in [2.05, 4.69) is 4.74 Å². The molecule has 50 valence electrons.